The summed E-state index contributed by atoms with van der Waals surface area (Å²) in [5, 5.41) is 3.66. The lowest BCUT2D eigenvalue weighted by atomic mass is 10.1. The molecule has 3 aromatic carbocycles. The van der Waals surface area contributed by atoms with Crippen molar-refractivity contribution in [3.8, 4) is 5.69 Å². The van der Waals surface area contributed by atoms with E-state index in [9.17, 15) is 14.4 Å². The van der Waals surface area contributed by atoms with Gasteiger partial charge in [0.25, 0.3) is 5.56 Å². The van der Waals surface area contributed by atoms with E-state index in [-0.39, 0.29) is 12.5 Å². The van der Waals surface area contributed by atoms with Crippen LogP contribution >= 0.6 is 11.8 Å². The fourth-order valence-corrected chi connectivity index (χ4v) is 5.11. The average Bonchev–Trinajstić information content (AvgIpc) is 3.13. The third-order valence-electron chi connectivity index (χ3n) is 6.34. The van der Waals surface area contributed by atoms with Crippen molar-refractivity contribution in [3.63, 3.8) is 0 Å². The van der Waals surface area contributed by atoms with Gasteiger partial charge in [-0.1, -0.05) is 29.8 Å². The van der Waals surface area contributed by atoms with Gasteiger partial charge in [0.2, 0.25) is 5.91 Å². The summed E-state index contributed by atoms with van der Waals surface area (Å²) in [6, 6.07) is 20.6. The normalized spacial score (nSPS) is 11.3. The Kier molecular flexibility index (Phi) is 6.05. The van der Waals surface area contributed by atoms with Gasteiger partial charge in [-0.15, -0.1) is 11.8 Å². The Morgan fingerprint density at radius 2 is 1.67 bits per heavy atom. The van der Waals surface area contributed by atoms with Gasteiger partial charge in [0.1, 0.15) is 12.1 Å². The van der Waals surface area contributed by atoms with Crippen LogP contribution in [0.2, 0.25) is 0 Å². The van der Waals surface area contributed by atoms with E-state index < -0.39 is 11.2 Å². The number of rotatable bonds is 5. The number of anilines is 1. The molecule has 0 aliphatic rings. The van der Waals surface area contributed by atoms with Crippen molar-refractivity contribution in [1.82, 2.24) is 13.7 Å². The predicted molar refractivity (Wildman–Crippen MR) is 147 cm³/mol. The standard InChI is InChI=1S/C28H26N4O3S/c1-17-7-5-9-20(13-17)32-27(34)26-25(22-14-18(2)11-12-23(22)30(26)3)31(28(32)35)16-24(33)29-19-8-6-10-21(15-19)36-4/h5-15H,16H2,1-4H3,(H,29,33). The highest BCUT2D eigenvalue weighted by atomic mass is 32.2. The first-order valence-electron chi connectivity index (χ1n) is 11.5. The van der Waals surface area contributed by atoms with Crippen LogP contribution in [-0.4, -0.2) is 25.9 Å². The van der Waals surface area contributed by atoms with Crippen molar-refractivity contribution in [2.45, 2.75) is 25.3 Å². The van der Waals surface area contributed by atoms with Gasteiger partial charge in [-0.3, -0.25) is 14.2 Å². The SMILES string of the molecule is CSc1cccc(NC(=O)Cn2c(=O)n(-c3cccc(C)c3)c(=O)c3c2c2cc(C)ccc2n3C)c1. The number of hydrogen-bond donors (Lipinski definition) is 1. The molecule has 5 rings (SSSR count). The molecule has 5 aromatic rings. The first kappa shape index (κ1) is 23.7. The number of aryl methyl sites for hydroxylation is 3. The molecule has 0 unspecified atom stereocenters. The highest BCUT2D eigenvalue weighted by Crippen LogP contribution is 2.27. The molecular weight excluding hydrogens is 472 g/mol. The molecule has 0 fully saturated rings. The molecule has 2 aromatic heterocycles. The summed E-state index contributed by atoms with van der Waals surface area (Å²) < 4.78 is 4.37. The van der Waals surface area contributed by atoms with Gasteiger partial charge in [0.05, 0.1) is 16.7 Å². The third kappa shape index (κ3) is 4.03. The number of hydrogen-bond acceptors (Lipinski definition) is 4. The summed E-state index contributed by atoms with van der Waals surface area (Å²) in [5.74, 6) is -0.351. The molecule has 2 heterocycles. The van der Waals surface area contributed by atoms with Crippen LogP contribution in [0.4, 0.5) is 5.69 Å². The number of thioether (sulfide) groups is 1. The Morgan fingerprint density at radius 1 is 0.917 bits per heavy atom. The Balaban J connectivity index is 1.76. The summed E-state index contributed by atoms with van der Waals surface area (Å²) >= 11 is 1.58. The number of nitrogens with one attached hydrogen (secondary N) is 1. The molecule has 0 atom stereocenters. The van der Waals surface area contributed by atoms with Crippen molar-refractivity contribution < 1.29 is 4.79 Å². The van der Waals surface area contributed by atoms with Crippen molar-refractivity contribution in [1.29, 1.82) is 0 Å². The molecule has 182 valence electrons. The van der Waals surface area contributed by atoms with Crippen LogP contribution in [0, 0.1) is 13.8 Å². The van der Waals surface area contributed by atoms with E-state index in [0.29, 0.717) is 22.4 Å². The average molecular weight is 499 g/mol. The molecule has 36 heavy (non-hydrogen) atoms. The van der Waals surface area contributed by atoms with Gasteiger partial charge in [-0.25, -0.2) is 9.36 Å². The van der Waals surface area contributed by atoms with E-state index in [1.807, 2.05) is 75.7 Å². The van der Waals surface area contributed by atoms with E-state index >= 15 is 0 Å². The van der Waals surface area contributed by atoms with Crippen LogP contribution in [0.5, 0.6) is 0 Å². The number of nitrogens with zero attached hydrogens (tertiary/aromatic N) is 3. The largest absolute Gasteiger partial charge is 0.338 e. The first-order valence-corrected chi connectivity index (χ1v) is 12.8. The molecule has 0 aliphatic carbocycles. The van der Waals surface area contributed by atoms with E-state index in [2.05, 4.69) is 5.32 Å². The minimum Gasteiger partial charge on any atom is -0.338 e. The van der Waals surface area contributed by atoms with Crippen LogP contribution in [0.1, 0.15) is 11.1 Å². The second kappa shape index (κ2) is 9.20. The maximum absolute atomic E-state index is 13.9. The minimum absolute atomic E-state index is 0.238. The quantitative estimate of drug-likeness (QED) is 0.359. The maximum Gasteiger partial charge on any atom is 0.336 e. The van der Waals surface area contributed by atoms with Crippen LogP contribution in [-0.2, 0) is 18.4 Å². The van der Waals surface area contributed by atoms with E-state index in [0.717, 1.165) is 31.5 Å². The second-order valence-corrected chi connectivity index (χ2v) is 9.78. The Bertz CT molecular complexity index is 1780. The molecule has 1 amide bonds. The molecule has 7 nitrogen and oxygen atoms in total. The fourth-order valence-electron chi connectivity index (χ4n) is 4.65. The molecule has 0 radical (unpaired) electrons. The third-order valence-corrected chi connectivity index (χ3v) is 7.07. The Hall–Kier alpha value is -4.04. The van der Waals surface area contributed by atoms with Crippen molar-refractivity contribution in [2.24, 2.45) is 7.05 Å². The van der Waals surface area contributed by atoms with Gasteiger partial charge in [0.15, 0.2) is 0 Å². The zero-order valence-corrected chi connectivity index (χ0v) is 21.3. The molecule has 0 saturated heterocycles. The van der Waals surface area contributed by atoms with Crippen molar-refractivity contribution in [3.05, 3.63) is 98.7 Å². The number of carbonyl (C=O) groups is 1. The van der Waals surface area contributed by atoms with Crippen LogP contribution in [0.25, 0.3) is 27.6 Å². The number of amides is 1. The molecule has 0 bridgehead atoms. The minimum atomic E-state index is -0.555. The molecule has 0 saturated carbocycles. The fraction of sp³-hybridized carbons (Fsp3) is 0.179. The summed E-state index contributed by atoms with van der Waals surface area (Å²) in [6.45, 7) is 3.62. The van der Waals surface area contributed by atoms with E-state index in [1.165, 1.54) is 4.57 Å². The van der Waals surface area contributed by atoms with Crippen molar-refractivity contribution >= 4 is 45.3 Å². The number of aromatic nitrogens is 3. The molecular formula is C28H26N4O3S. The highest BCUT2D eigenvalue weighted by molar-refractivity contribution is 7.98. The summed E-state index contributed by atoms with van der Waals surface area (Å²) in [6.07, 6.45) is 1.97. The lowest BCUT2D eigenvalue weighted by molar-refractivity contribution is -0.116. The molecule has 0 aliphatic heterocycles. The van der Waals surface area contributed by atoms with Gasteiger partial charge >= 0.3 is 5.69 Å². The highest BCUT2D eigenvalue weighted by Gasteiger charge is 2.22. The second-order valence-electron chi connectivity index (χ2n) is 8.91. The summed E-state index contributed by atoms with van der Waals surface area (Å²) in [7, 11) is 1.81. The Morgan fingerprint density at radius 3 is 2.42 bits per heavy atom. The maximum atomic E-state index is 13.9. The summed E-state index contributed by atoms with van der Waals surface area (Å²) in [4.78, 5) is 41.9. The Labute approximate surface area is 212 Å². The zero-order chi connectivity index (χ0) is 25.6. The van der Waals surface area contributed by atoms with Crippen LogP contribution in [0.3, 0.4) is 0 Å². The molecule has 0 spiro atoms. The first-order chi connectivity index (χ1) is 17.3. The van der Waals surface area contributed by atoms with Gasteiger partial charge in [0, 0.05) is 23.0 Å². The lowest BCUT2D eigenvalue weighted by Crippen LogP contribution is -2.41. The van der Waals surface area contributed by atoms with Gasteiger partial charge < -0.3 is 9.88 Å². The van der Waals surface area contributed by atoms with Crippen molar-refractivity contribution in [2.75, 3.05) is 11.6 Å². The monoisotopic (exact) mass is 498 g/mol. The lowest BCUT2D eigenvalue weighted by Gasteiger charge is -2.14. The van der Waals surface area contributed by atoms with Crippen LogP contribution in [0.15, 0.2) is 81.2 Å². The number of fused-ring (bicyclic) bond motifs is 3. The van der Waals surface area contributed by atoms with E-state index in [4.69, 9.17) is 0 Å². The zero-order valence-electron chi connectivity index (χ0n) is 20.5. The molecule has 1 N–H and O–H groups in total. The summed E-state index contributed by atoms with van der Waals surface area (Å²) in [5.41, 5.74) is 3.71. The molecule has 8 heteroatoms. The van der Waals surface area contributed by atoms with Gasteiger partial charge in [-0.05, 0) is 68.1 Å². The predicted octanol–water partition coefficient (Wildman–Crippen LogP) is 4.62. The number of carbonyl (C=O) groups excluding carboxylic acids is 1. The topological polar surface area (TPSA) is 78.0 Å². The smallest absolute Gasteiger partial charge is 0.336 e. The van der Waals surface area contributed by atoms with Gasteiger partial charge in [-0.2, -0.15) is 0 Å². The van der Waals surface area contributed by atoms with Crippen LogP contribution < -0.4 is 16.6 Å². The van der Waals surface area contributed by atoms with E-state index in [1.54, 1.807) is 34.5 Å². The number of benzene rings is 3.